The van der Waals surface area contributed by atoms with Crippen molar-refractivity contribution in [2.24, 2.45) is 0 Å². The van der Waals surface area contributed by atoms with Crippen LogP contribution in [0, 0.1) is 0 Å². The second kappa shape index (κ2) is 7.12. The van der Waals surface area contributed by atoms with Crippen LogP contribution in [0.15, 0.2) is 36.4 Å². The molecular weight excluding hydrogens is 328 g/mol. The van der Waals surface area contributed by atoms with E-state index in [1.807, 2.05) is 0 Å². The predicted octanol–water partition coefficient (Wildman–Crippen LogP) is 0.717. The van der Waals surface area contributed by atoms with Crippen molar-refractivity contribution in [1.29, 1.82) is 0 Å². The molecule has 1 N–H and O–H groups in total. The molecule has 2 aromatic carbocycles. The number of ketones is 1. The van der Waals surface area contributed by atoms with E-state index in [0.29, 0.717) is 24.7 Å². The summed E-state index contributed by atoms with van der Waals surface area (Å²) in [6, 6.07) is 9.24. The zero-order chi connectivity index (χ0) is 17.8. The Morgan fingerprint density at radius 1 is 1.08 bits per heavy atom. The monoisotopic (exact) mass is 343 g/mol. The molecule has 25 heavy (non-hydrogen) atoms. The lowest BCUT2D eigenvalue weighted by atomic mass is 10.0. The van der Waals surface area contributed by atoms with Gasteiger partial charge >= 0.3 is 0 Å². The zero-order valence-electron chi connectivity index (χ0n) is 13.2. The Balaban J connectivity index is 1.71. The van der Waals surface area contributed by atoms with E-state index in [4.69, 9.17) is 14.2 Å². The lowest BCUT2D eigenvalue weighted by molar-refractivity contribution is -0.307. The van der Waals surface area contributed by atoms with E-state index in [1.54, 1.807) is 18.2 Å². The van der Waals surface area contributed by atoms with E-state index in [-0.39, 0.29) is 29.3 Å². The van der Waals surface area contributed by atoms with Crippen LogP contribution >= 0.6 is 0 Å². The molecule has 2 aromatic rings. The number of aromatic hydroxyl groups is 1. The van der Waals surface area contributed by atoms with E-state index >= 15 is 0 Å². The van der Waals surface area contributed by atoms with Gasteiger partial charge in [-0.3, -0.25) is 4.79 Å². The molecule has 0 aliphatic carbocycles. The number of phenols is 1. The van der Waals surface area contributed by atoms with Gasteiger partial charge in [0.2, 0.25) is 0 Å². The molecule has 0 aromatic heterocycles. The first kappa shape index (κ1) is 16.6. The zero-order valence-corrected chi connectivity index (χ0v) is 13.2. The van der Waals surface area contributed by atoms with Gasteiger partial charge in [-0.1, -0.05) is 6.07 Å². The van der Waals surface area contributed by atoms with Gasteiger partial charge in [0.25, 0.3) is 0 Å². The Bertz CT molecular complexity index is 813. The summed E-state index contributed by atoms with van der Waals surface area (Å²) >= 11 is 0. The lowest BCUT2D eigenvalue weighted by Gasteiger charge is -2.18. The van der Waals surface area contributed by atoms with Crippen LogP contribution in [0.3, 0.4) is 0 Å². The van der Waals surface area contributed by atoms with Crippen molar-refractivity contribution in [3.05, 3.63) is 47.5 Å². The molecule has 0 saturated heterocycles. The summed E-state index contributed by atoms with van der Waals surface area (Å²) in [5.41, 5.74) is 0.849. The Morgan fingerprint density at radius 3 is 2.56 bits per heavy atom. The summed E-state index contributed by atoms with van der Waals surface area (Å²) in [5, 5.41) is 20.4. The number of rotatable bonds is 6. The van der Waals surface area contributed by atoms with E-state index < -0.39 is 12.6 Å². The second-order valence-electron chi connectivity index (χ2n) is 5.42. The van der Waals surface area contributed by atoms with E-state index in [9.17, 15) is 19.8 Å². The number of hydrogen-bond acceptors (Lipinski definition) is 7. The van der Waals surface area contributed by atoms with Gasteiger partial charge in [0, 0.05) is 12.5 Å². The molecule has 1 heterocycles. The Kier molecular flexibility index (Phi) is 4.74. The number of benzene rings is 2. The van der Waals surface area contributed by atoms with Crippen molar-refractivity contribution in [2.45, 2.75) is 6.42 Å². The van der Waals surface area contributed by atoms with Gasteiger partial charge in [0.15, 0.2) is 17.3 Å². The summed E-state index contributed by atoms with van der Waals surface area (Å²) in [5.74, 6) is -0.582. The van der Waals surface area contributed by atoms with Crippen molar-refractivity contribution in [3.8, 4) is 23.0 Å². The van der Waals surface area contributed by atoms with Crippen LogP contribution in [0.4, 0.5) is 0 Å². The molecule has 0 spiro atoms. The molecule has 0 bridgehead atoms. The molecule has 130 valence electrons. The van der Waals surface area contributed by atoms with Gasteiger partial charge in [-0.2, -0.15) is 0 Å². The van der Waals surface area contributed by atoms with Crippen LogP contribution in [-0.4, -0.2) is 36.7 Å². The molecule has 0 saturated carbocycles. The number of aliphatic carboxylic acids is 1. The van der Waals surface area contributed by atoms with Crippen molar-refractivity contribution in [3.63, 3.8) is 0 Å². The lowest BCUT2D eigenvalue weighted by Crippen LogP contribution is -2.28. The number of fused-ring (bicyclic) bond motifs is 1. The number of ether oxygens (including phenoxy) is 3. The van der Waals surface area contributed by atoms with E-state index in [2.05, 4.69) is 0 Å². The highest BCUT2D eigenvalue weighted by atomic mass is 16.6. The van der Waals surface area contributed by atoms with Crippen LogP contribution < -0.4 is 19.3 Å². The Hall–Kier alpha value is -3.22. The summed E-state index contributed by atoms with van der Waals surface area (Å²) in [6.07, 6.45) is 0.0729. The molecule has 0 unspecified atom stereocenters. The van der Waals surface area contributed by atoms with Crippen LogP contribution in [-0.2, 0) is 11.2 Å². The van der Waals surface area contributed by atoms with Crippen LogP contribution in [0.1, 0.15) is 15.9 Å². The van der Waals surface area contributed by atoms with E-state index in [1.165, 1.54) is 18.2 Å². The highest BCUT2D eigenvalue weighted by Gasteiger charge is 2.16. The summed E-state index contributed by atoms with van der Waals surface area (Å²) in [4.78, 5) is 22.8. The number of carbonyl (C=O) groups excluding carboxylic acids is 2. The van der Waals surface area contributed by atoms with Gasteiger partial charge in [0.05, 0.1) is 11.5 Å². The van der Waals surface area contributed by atoms with Crippen LogP contribution in [0.5, 0.6) is 23.0 Å². The largest absolute Gasteiger partial charge is 0.546 e. The summed E-state index contributed by atoms with van der Waals surface area (Å²) < 4.78 is 15.8. The molecule has 7 heteroatoms. The average molecular weight is 343 g/mol. The molecular formula is C18H15O7-. The number of phenolic OH excluding ortho intramolecular Hbond substituents is 1. The fraction of sp³-hybridized carbons (Fsp3) is 0.222. The smallest absolute Gasteiger partial charge is 0.170 e. The third-order valence-corrected chi connectivity index (χ3v) is 3.60. The van der Waals surface area contributed by atoms with Crippen LogP contribution in [0.25, 0.3) is 0 Å². The van der Waals surface area contributed by atoms with Gasteiger partial charge in [-0.15, -0.1) is 0 Å². The molecule has 1 aliphatic heterocycles. The maximum Gasteiger partial charge on any atom is 0.170 e. The number of carboxylic acid groups (broad SMARTS) is 1. The average Bonchev–Trinajstić information content (AvgIpc) is 2.59. The quantitative estimate of drug-likeness (QED) is 0.770. The minimum atomic E-state index is -1.38. The standard InChI is InChI=1S/C18H16O7/c19-14(7-11-1-4-16-17(8-11)24-6-5-23-16)13-3-2-12(9-15(13)20)25-10-18(21)22/h1-4,8-9,20H,5-7,10H2,(H,21,22)/p-1. The Morgan fingerprint density at radius 2 is 1.84 bits per heavy atom. The molecule has 3 rings (SSSR count). The van der Waals surface area contributed by atoms with Gasteiger partial charge in [-0.05, 0) is 29.8 Å². The summed E-state index contributed by atoms with van der Waals surface area (Å²) in [6.45, 7) is 0.313. The third-order valence-electron chi connectivity index (χ3n) is 3.60. The first-order valence-corrected chi connectivity index (χ1v) is 7.60. The molecule has 0 amide bonds. The molecule has 0 radical (unpaired) electrons. The normalized spacial score (nSPS) is 12.5. The number of hydrogen-bond donors (Lipinski definition) is 1. The first-order valence-electron chi connectivity index (χ1n) is 7.60. The molecule has 0 fully saturated rings. The Labute approximate surface area is 143 Å². The predicted molar refractivity (Wildman–Crippen MR) is 84.1 cm³/mol. The molecule has 7 nitrogen and oxygen atoms in total. The maximum absolute atomic E-state index is 12.4. The molecule has 1 aliphatic rings. The first-order chi connectivity index (χ1) is 12.0. The van der Waals surface area contributed by atoms with Crippen molar-refractivity contribution in [1.82, 2.24) is 0 Å². The van der Waals surface area contributed by atoms with Gasteiger partial charge < -0.3 is 29.2 Å². The topological polar surface area (TPSA) is 105 Å². The van der Waals surface area contributed by atoms with Crippen molar-refractivity contribution in [2.75, 3.05) is 19.8 Å². The van der Waals surface area contributed by atoms with Gasteiger partial charge in [0.1, 0.15) is 31.3 Å². The molecule has 0 atom stereocenters. The number of carboxylic acids is 1. The van der Waals surface area contributed by atoms with Gasteiger partial charge in [-0.25, -0.2) is 0 Å². The van der Waals surface area contributed by atoms with Crippen molar-refractivity contribution < 1.29 is 34.0 Å². The van der Waals surface area contributed by atoms with E-state index in [0.717, 1.165) is 5.56 Å². The van der Waals surface area contributed by atoms with Crippen molar-refractivity contribution >= 4 is 11.8 Å². The summed E-state index contributed by atoms with van der Waals surface area (Å²) in [7, 11) is 0. The maximum atomic E-state index is 12.4. The van der Waals surface area contributed by atoms with Crippen LogP contribution in [0.2, 0.25) is 0 Å². The number of carbonyl (C=O) groups is 2. The minimum absolute atomic E-state index is 0.0729. The fourth-order valence-electron chi connectivity index (χ4n) is 2.46. The highest BCUT2D eigenvalue weighted by Crippen LogP contribution is 2.31. The second-order valence-corrected chi connectivity index (χ2v) is 5.42. The minimum Gasteiger partial charge on any atom is -0.546 e. The SMILES string of the molecule is O=C([O-])COc1ccc(C(=O)Cc2ccc3c(c2)OCCO3)c(O)c1. The highest BCUT2D eigenvalue weighted by molar-refractivity contribution is 6.00. The third kappa shape index (κ3) is 4.00. The number of Topliss-reactive ketones (excluding diaryl/α,β-unsaturated/α-hetero) is 1. The fourth-order valence-corrected chi connectivity index (χ4v) is 2.46.